The maximum Gasteiger partial charge on any atom is 0.326 e. The molecule has 0 aromatic carbocycles. The summed E-state index contributed by atoms with van der Waals surface area (Å²) in [4.78, 5) is 14.7. The van der Waals surface area contributed by atoms with Crippen LogP contribution >= 0.6 is 0 Å². The molecule has 0 amide bonds. The highest BCUT2D eigenvalue weighted by molar-refractivity contribution is 5.81. The van der Waals surface area contributed by atoms with E-state index in [2.05, 4.69) is 37.9 Å². The number of carbonyl (C=O) groups is 1. The van der Waals surface area contributed by atoms with Crippen LogP contribution in [-0.4, -0.2) is 62.4 Å². The lowest BCUT2D eigenvalue weighted by atomic mass is 9.83. The van der Waals surface area contributed by atoms with Gasteiger partial charge in [0.1, 0.15) is 5.54 Å². The van der Waals surface area contributed by atoms with Crippen molar-refractivity contribution in [3.05, 3.63) is 0 Å². The van der Waals surface area contributed by atoms with Crippen molar-refractivity contribution in [3.8, 4) is 0 Å². The van der Waals surface area contributed by atoms with Gasteiger partial charge >= 0.3 is 5.97 Å². The zero-order valence-corrected chi connectivity index (χ0v) is 14.3. The first kappa shape index (κ1) is 18.4. The smallest absolute Gasteiger partial charge is 0.326 e. The maximum absolute atomic E-state index is 12.3. The number of likely N-dealkylation sites (N-methyl/N-ethyl adjacent to an activating group) is 1. The summed E-state index contributed by atoms with van der Waals surface area (Å²) in [5.41, 5.74) is -0.588. The van der Waals surface area contributed by atoms with E-state index in [-0.39, 0.29) is 12.1 Å². The Morgan fingerprint density at radius 2 is 2.10 bits per heavy atom. The van der Waals surface area contributed by atoms with Crippen LogP contribution in [0.15, 0.2) is 0 Å². The molecule has 124 valence electrons. The van der Waals surface area contributed by atoms with Crippen LogP contribution in [0, 0.1) is 5.92 Å². The first-order valence-electron chi connectivity index (χ1n) is 8.16. The molecule has 1 aliphatic rings. The SMILES string of the molecule is CCN(CC)CCNC1(C(=O)OC)CCOC(C(C)C)C1. The molecule has 1 aliphatic heterocycles. The fourth-order valence-corrected chi connectivity index (χ4v) is 2.92. The molecule has 21 heavy (non-hydrogen) atoms. The lowest BCUT2D eigenvalue weighted by Crippen LogP contribution is -2.59. The van der Waals surface area contributed by atoms with E-state index in [1.807, 2.05) is 0 Å². The van der Waals surface area contributed by atoms with Gasteiger partial charge in [-0.15, -0.1) is 0 Å². The molecular weight excluding hydrogens is 268 g/mol. The average Bonchev–Trinajstić information content (AvgIpc) is 2.51. The monoisotopic (exact) mass is 300 g/mol. The number of esters is 1. The topological polar surface area (TPSA) is 50.8 Å². The highest BCUT2D eigenvalue weighted by atomic mass is 16.5. The Labute approximate surface area is 129 Å². The molecule has 5 heteroatoms. The van der Waals surface area contributed by atoms with Crippen molar-refractivity contribution < 1.29 is 14.3 Å². The minimum absolute atomic E-state index is 0.110. The molecule has 0 aromatic heterocycles. The van der Waals surface area contributed by atoms with Crippen molar-refractivity contribution >= 4 is 5.97 Å². The number of rotatable bonds is 8. The number of methoxy groups -OCH3 is 1. The molecule has 1 saturated heterocycles. The van der Waals surface area contributed by atoms with E-state index in [9.17, 15) is 4.79 Å². The van der Waals surface area contributed by atoms with Crippen molar-refractivity contribution in [1.29, 1.82) is 0 Å². The maximum atomic E-state index is 12.3. The van der Waals surface area contributed by atoms with Crippen molar-refractivity contribution in [1.82, 2.24) is 10.2 Å². The highest BCUT2D eigenvalue weighted by Crippen LogP contribution is 2.29. The van der Waals surface area contributed by atoms with Gasteiger partial charge in [0, 0.05) is 26.1 Å². The number of ether oxygens (including phenoxy) is 2. The molecular formula is C16H32N2O3. The third-order valence-corrected chi connectivity index (χ3v) is 4.52. The minimum Gasteiger partial charge on any atom is -0.468 e. The lowest BCUT2D eigenvalue weighted by molar-refractivity contribution is -0.157. The van der Waals surface area contributed by atoms with Crippen LogP contribution in [0.3, 0.4) is 0 Å². The van der Waals surface area contributed by atoms with Gasteiger partial charge in [-0.2, -0.15) is 0 Å². The summed E-state index contributed by atoms with van der Waals surface area (Å²) >= 11 is 0. The molecule has 0 aromatic rings. The second-order valence-corrected chi connectivity index (χ2v) is 6.13. The average molecular weight is 300 g/mol. The Balaban J connectivity index is 2.68. The third kappa shape index (κ3) is 4.94. The van der Waals surface area contributed by atoms with Crippen LogP contribution in [-0.2, 0) is 14.3 Å². The van der Waals surface area contributed by atoms with E-state index in [1.165, 1.54) is 7.11 Å². The van der Waals surface area contributed by atoms with Gasteiger partial charge in [-0.05, 0) is 25.4 Å². The molecule has 0 bridgehead atoms. The summed E-state index contributed by atoms with van der Waals surface area (Å²) in [5.74, 6) is 0.245. The van der Waals surface area contributed by atoms with Gasteiger partial charge in [0.15, 0.2) is 0 Å². The molecule has 0 radical (unpaired) electrons. The quantitative estimate of drug-likeness (QED) is 0.691. The normalized spacial score (nSPS) is 26.3. The highest BCUT2D eigenvalue weighted by Gasteiger charge is 2.44. The molecule has 0 saturated carbocycles. The molecule has 0 aliphatic carbocycles. The zero-order chi connectivity index (χ0) is 15.9. The first-order chi connectivity index (χ1) is 9.99. The summed E-state index contributed by atoms with van der Waals surface area (Å²) in [6.45, 7) is 13.0. The van der Waals surface area contributed by atoms with E-state index in [0.717, 1.165) is 26.2 Å². The van der Waals surface area contributed by atoms with Crippen molar-refractivity contribution in [3.63, 3.8) is 0 Å². The van der Waals surface area contributed by atoms with E-state index in [0.29, 0.717) is 25.4 Å². The van der Waals surface area contributed by atoms with Crippen LogP contribution in [0.25, 0.3) is 0 Å². The molecule has 2 unspecified atom stereocenters. The Bertz CT molecular complexity index is 319. The zero-order valence-electron chi connectivity index (χ0n) is 14.3. The standard InChI is InChI=1S/C16H32N2O3/c1-6-18(7-2)10-9-17-16(15(19)20-5)8-11-21-14(12-16)13(3)4/h13-14,17H,6-12H2,1-5H3. The van der Waals surface area contributed by atoms with E-state index in [4.69, 9.17) is 9.47 Å². The molecule has 0 spiro atoms. The molecule has 5 nitrogen and oxygen atoms in total. The van der Waals surface area contributed by atoms with Gasteiger partial charge in [-0.25, -0.2) is 0 Å². The molecule has 2 atom stereocenters. The van der Waals surface area contributed by atoms with E-state index in [1.54, 1.807) is 0 Å². The molecule has 1 N–H and O–H groups in total. The number of nitrogens with one attached hydrogen (secondary N) is 1. The first-order valence-corrected chi connectivity index (χ1v) is 8.16. The van der Waals surface area contributed by atoms with Crippen LogP contribution < -0.4 is 5.32 Å². The Kier molecular flexibility index (Phi) is 7.63. The second kappa shape index (κ2) is 8.71. The van der Waals surface area contributed by atoms with E-state index >= 15 is 0 Å². The second-order valence-electron chi connectivity index (χ2n) is 6.13. The fourth-order valence-electron chi connectivity index (χ4n) is 2.92. The predicted octanol–water partition coefficient (Wildman–Crippen LogP) is 1.66. The number of carbonyl (C=O) groups excluding carboxylic acids is 1. The summed E-state index contributed by atoms with van der Waals surface area (Å²) in [6.07, 6.45) is 1.48. The number of hydrogen-bond donors (Lipinski definition) is 1. The summed E-state index contributed by atoms with van der Waals surface area (Å²) in [5, 5.41) is 3.47. The van der Waals surface area contributed by atoms with Crippen LogP contribution in [0.2, 0.25) is 0 Å². The van der Waals surface area contributed by atoms with Crippen LogP contribution in [0.4, 0.5) is 0 Å². The van der Waals surface area contributed by atoms with Gasteiger partial charge in [0.25, 0.3) is 0 Å². The van der Waals surface area contributed by atoms with Gasteiger partial charge in [0.05, 0.1) is 13.2 Å². The van der Waals surface area contributed by atoms with Crippen molar-refractivity contribution in [2.24, 2.45) is 5.92 Å². The number of hydrogen-bond acceptors (Lipinski definition) is 5. The minimum atomic E-state index is -0.588. The summed E-state index contributed by atoms with van der Waals surface area (Å²) in [6, 6.07) is 0. The number of nitrogens with zero attached hydrogens (tertiary/aromatic N) is 1. The van der Waals surface area contributed by atoms with Gasteiger partial charge < -0.3 is 19.7 Å². The summed E-state index contributed by atoms with van der Waals surface area (Å²) < 4.78 is 10.9. The molecule has 1 heterocycles. The molecule has 1 rings (SSSR count). The predicted molar refractivity (Wildman–Crippen MR) is 84.3 cm³/mol. The van der Waals surface area contributed by atoms with Gasteiger partial charge in [-0.3, -0.25) is 4.79 Å². The van der Waals surface area contributed by atoms with E-state index < -0.39 is 5.54 Å². The largest absolute Gasteiger partial charge is 0.468 e. The Hall–Kier alpha value is -0.650. The van der Waals surface area contributed by atoms with Gasteiger partial charge in [-0.1, -0.05) is 27.7 Å². The Morgan fingerprint density at radius 1 is 1.43 bits per heavy atom. The fraction of sp³-hybridized carbons (Fsp3) is 0.938. The van der Waals surface area contributed by atoms with Crippen molar-refractivity contribution in [2.75, 3.05) is 39.9 Å². The lowest BCUT2D eigenvalue weighted by Gasteiger charge is -2.41. The van der Waals surface area contributed by atoms with Crippen LogP contribution in [0.5, 0.6) is 0 Å². The molecule has 1 fully saturated rings. The third-order valence-electron chi connectivity index (χ3n) is 4.52. The summed E-state index contributed by atoms with van der Waals surface area (Å²) in [7, 11) is 1.47. The van der Waals surface area contributed by atoms with Crippen LogP contribution in [0.1, 0.15) is 40.5 Å². The Morgan fingerprint density at radius 3 is 2.62 bits per heavy atom. The van der Waals surface area contributed by atoms with Gasteiger partial charge in [0.2, 0.25) is 0 Å². The van der Waals surface area contributed by atoms with Crippen molar-refractivity contribution in [2.45, 2.75) is 52.2 Å².